The number of amides is 6. The predicted octanol–water partition coefficient (Wildman–Crippen LogP) is 7.48. The zero-order valence-corrected chi connectivity index (χ0v) is 41.8. The number of alkyl halides is 6. The topological polar surface area (TPSA) is 192 Å². The lowest BCUT2D eigenvalue weighted by Crippen LogP contribution is -2.71. The van der Waals surface area contributed by atoms with Crippen molar-refractivity contribution < 1.29 is 64.6 Å². The smallest absolute Gasteiger partial charge is 0.416 e. The molecule has 4 aliphatic heterocycles. The first-order chi connectivity index (χ1) is 36.4. The van der Waals surface area contributed by atoms with Gasteiger partial charge in [0.25, 0.3) is 0 Å². The zero-order valence-electron chi connectivity index (χ0n) is 41.8. The van der Waals surface area contributed by atoms with Crippen molar-refractivity contribution in [3.05, 3.63) is 143 Å². The van der Waals surface area contributed by atoms with Crippen LogP contribution >= 0.6 is 0 Å². The third kappa shape index (κ3) is 14.2. The average molecular weight is 1070 g/mol. The van der Waals surface area contributed by atoms with Crippen LogP contribution in [0.15, 0.2) is 109 Å². The number of hydrogen-bond donors (Lipinski definition) is 2. The second-order valence-corrected chi connectivity index (χ2v) is 19.0. The Morgan fingerprint density at radius 3 is 1.18 bits per heavy atom. The molecule has 4 N–H and O–H groups in total. The zero-order chi connectivity index (χ0) is 54.6. The lowest BCUT2D eigenvalue weighted by Gasteiger charge is -2.52. The normalized spacial score (nSPS) is 19.9. The maximum atomic E-state index is 13.5. The Balaban J connectivity index is 0.000000221. The van der Waals surface area contributed by atoms with Gasteiger partial charge >= 0.3 is 24.5 Å². The minimum Gasteiger partial charge on any atom is -0.444 e. The number of carbonyl (C=O) groups excluding carboxylic acids is 6. The first kappa shape index (κ1) is 56.5. The molecule has 16 nitrogen and oxygen atoms in total. The summed E-state index contributed by atoms with van der Waals surface area (Å²) in [5.41, 5.74) is 12.4. The van der Waals surface area contributed by atoms with Gasteiger partial charge in [-0.15, -0.1) is 0 Å². The minimum atomic E-state index is -4.45. The van der Waals surface area contributed by atoms with Crippen LogP contribution in [0.5, 0.6) is 0 Å². The highest BCUT2D eigenvalue weighted by Gasteiger charge is 2.50. The quantitative estimate of drug-likeness (QED) is 0.0840. The number of rotatable bonds is 16. The summed E-state index contributed by atoms with van der Waals surface area (Å²) in [5, 5.41) is 0. The molecule has 76 heavy (non-hydrogen) atoms. The van der Waals surface area contributed by atoms with Gasteiger partial charge in [0, 0.05) is 39.0 Å². The van der Waals surface area contributed by atoms with Crippen molar-refractivity contribution in [1.29, 1.82) is 0 Å². The van der Waals surface area contributed by atoms with E-state index in [0.717, 1.165) is 35.4 Å². The van der Waals surface area contributed by atoms with Gasteiger partial charge in [0.15, 0.2) is 0 Å². The summed E-state index contributed by atoms with van der Waals surface area (Å²) in [7, 11) is 0. The van der Waals surface area contributed by atoms with Crippen molar-refractivity contribution in [2.45, 2.75) is 114 Å². The number of piperazine rings is 2. The molecule has 0 aliphatic carbocycles. The van der Waals surface area contributed by atoms with E-state index in [0.29, 0.717) is 75.8 Å². The van der Waals surface area contributed by atoms with E-state index < -0.39 is 60.1 Å². The van der Waals surface area contributed by atoms with Gasteiger partial charge < -0.3 is 40.5 Å². The van der Waals surface area contributed by atoms with Gasteiger partial charge in [-0.05, 0) is 98.1 Å². The molecule has 4 fully saturated rings. The van der Waals surface area contributed by atoms with Crippen LogP contribution in [0.4, 0.5) is 35.9 Å². The van der Waals surface area contributed by atoms with Crippen LogP contribution in [0.25, 0.3) is 0 Å². The largest absolute Gasteiger partial charge is 0.444 e. The Morgan fingerprint density at radius 2 is 0.855 bits per heavy atom. The maximum absolute atomic E-state index is 13.5. The maximum Gasteiger partial charge on any atom is 0.416 e. The van der Waals surface area contributed by atoms with Crippen LogP contribution in [-0.2, 0) is 67.3 Å². The van der Waals surface area contributed by atoms with Crippen molar-refractivity contribution in [2.75, 3.05) is 39.3 Å². The summed E-state index contributed by atoms with van der Waals surface area (Å²) in [5.74, 6) is -0.745. The van der Waals surface area contributed by atoms with Crippen molar-refractivity contribution in [3.63, 3.8) is 0 Å². The van der Waals surface area contributed by atoms with E-state index in [2.05, 4.69) is 0 Å². The third-order valence-electron chi connectivity index (χ3n) is 13.8. The second kappa shape index (κ2) is 25.6. The van der Waals surface area contributed by atoms with Crippen molar-refractivity contribution in [2.24, 2.45) is 11.5 Å². The van der Waals surface area contributed by atoms with E-state index in [9.17, 15) is 55.1 Å². The van der Waals surface area contributed by atoms with E-state index in [1.54, 1.807) is 9.80 Å². The molecule has 4 aromatic rings. The number of unbranched alkanes of at least 4 members (excludes halogenated alkanes) is 2. The number of ether oxygens (including phenoxy) is 2. The van der Waals surface area contributed by atoms with E-state index in [-0.39, 0.29) is 75.9 Å². The van der Waals surface area contributed by atoms with E-state index in [1.807, 2.05) is 60.7 Å². The molecule has 0 bridgehead atoms. The Hall–Kier alpha value is -7.20. The van der Waals surface area contributed by atoms with Crippen LogP contribution in [0.2, 0.25) is 0 Å². The molecule has 6 amide bonds. The lowest BCUT2D eigenvalue weighted by molar-refractivity contribution is -0.169. The highest BCUT2D eigenvalue weighted by atomic mass is 19.4. The van der Waals surface area contributed by atoms with Gasteiger partial charge in [-0.3, -0.25) is 29.0 Å². The number of hydrogen-bond acceptors (Lipinski definition) is 10. The van der Waals surface area contributed by atoms with Crippen LogP contribution < -0.4 is 11.5 Å². The Labute approximate surface area is 436 Å². The molecule has 4 atom stereocenters. The Kier molecular flexibility index (Phi) is 19.0. The molecule has 0 spiro atoms. The molecule has 0 aromatic heterocycles. The molecular formula is C54H62F6N8O8. The van der Waals surface area contributed by atoms with Gasteiger partial charge in [-0.1, -0.05) is 84.9 Å². The van der Waals surface area contributed by atoms with E-state index >= 15 is 0 Å². The molecule has 4 aliphatic rings. The fourth-order valence-electron chi connectivity index (χ4n) is 9.83. The van der Waals surface area contributed by atoms with Crippen LogP contribution in [0.1, 0.15) is 84.7 Å². The molecule has 22 heteroatoms. The van der Waals surface area contributed by atoms with Crippen LogP contribution in [0, 0.1) is 0 Å². The SMILES string of the molecule is NCCCCC1C(=O)N(Cc2ccccc2)C[C@@H]2N(C(=O)OCc3ccc(C(F)(F)F)cc3)CCC(=O)N12.NCCCCC1C(=O)N(Cc2ccccc2)C[C@@H]2N(C(=O)OCc3ccc(C(F)(F)F)cc3)CCC(=O)N12. The molecule has 4 saturated heterocycles. The Morgan fingerprint density at radius 1 is 0.500 bits per heavy atom. The molecule has 408 valence electrons. The fourth-order valence-corrected chi connectivity index (χ4v) is 9.83. The lowest BCUT2D eigenvalue weighted by atomic mass is 9.98. The Bertz CT molecular complexity index is 2430. The second-order valence-electron chi connectivity index (χ2n) is 19.0. The minimum absolute atomic E-state index is 0.0469. The number of nitrogens with two attached hydrogens (primary N) is 2. The van der Waals surface area contributed by atoms with Gasteiger partial charge in [0.05, 0.1) is 24.2 Å². The molecule has 2 unspecified atom stereocenters. The fraction of sp³-hybridized carbons (Fsp3) is 0.444. The molecule has 0 saturated carbocycles. The highest BCUT2D eigenvalue weighted by Crippen LogP contribution is 2.34. The molecule has 4 heterocycles. The van der Waals surface area contributed by atoms with E-state index in [4.69, 9.17) is 20.9 Å². The average Bonchev–Trinajstić information content (AvgIpc) is 3.40. The number of carbonyl (C=O) groups is 6. The third-order valence-corrected chi connectivity index (χ3v) is 13.8. The van der Waals surface area contributed by atoms with Gasteiger partial charge in [-0.2, -0.15) is 26.3 Å². The molecule has 4 aromatic carbocycles. The predicted molar refractivity (Wildman–Crippen MR) is 264 cm³/mol. The standard InChI is InChI=1S/2C27H31F3N4O4/c2*28-27(29,30)21-11-9-20(10-12-21)18-38-26(37)33-15-13-24(35)34-22(8-4-5-14-31)25(36)32(17-23(33)34)16-19-6-2-1-3-7-19/h2*1-3,6-7,9-12,22-23H,4-5,8,13-18,31H2/t2*22?,23-/m11/s1. The molecular weight excluding hydrogens is 1000 g/mol. The highest BCUT2D eigenvalue weighted by molar-refractivity contribution is 5.91. The number of nitrogens with zero attached hydrogens (tertiary/aromatic N) is 6. The van der Waals surface area contributed by atoms with Gasteiger partial charge in [0.1, 0.15) is 37.6 Å². The summed E-state index contributed by atoms with van der Waals surface area (Å²) in [6.07, 6.45) is -8.05. The summed E-state index contributed by atoms with van der Waals surface area (Å²) in [6, 6.07) is 26.3. The van der Waals surface area contributed by atoms with Gasteiger partial charge in [0.2, 0.25) is 23.6 Å². The number of halogens is 6. The number of benzene rings is 4. The number of fused-ring (bicyclic) bond motifs is 2. The van der Waals surface area contributed by atoms with Crippen LogP contribution in [-0.4, -0.2) is 129 Å². The molecule has 0 radical (unpaired) electrons. The first-order valence-electron chi connectivity index (χ1n) is 25.2. The van der Waals surface area contributed by atoms with Crippen molar-refractivity contribution in [3.8, 4) is 0 Å². The van der Waals surface area contributed by atoms with Crippen molar-refractivity contribution in [1.82, 2.24) is 29.4 Å². The van der Waals surface area contributed by atoms with Gasteiger partial charge in [-0.25, -0.2) is 9.59 Å². The molecule has 8 rings (SSSR count). The van der Waals surface area contributed by atoms with Crippen molar-refractivity contribution >= 4 is 35.8 Å². The monoisotopic (exact) mass is 1060 g/mol. The summed E-state index contributed by atoms with van der Waals surface area (Å²) in [4.78, 5) is 88.5. The first-order valence-corrected chi connectivity index (χ1v) is 25.2. The van der Waals surface area contributed by atoms with Crippen LogP contribution in [0.3, 0.4) is 0 Å². The van der Waals surface area contributed by atoms with E-state index in [1.165, 1.54) is 43.9 Å². The summed E-state index contributed by atoms with van der Waals surface area (Å²) in [6.45, 7) is 1.65. The summed E-state index contributed by atoms with van der Waals surface area (Å²) < 4.78 is 87.9. The summed E-state index contributed by atoms with van der Waals surface area (Å²) >= 11 is 0.